The van der Waals surface area contributed by atoms with E-state index in [1.54, 1.807) is 6.07 Å². The monoisotopic (exact) mass is 318 g/mol. The summed E-state index contributed by atoms with van der Waals surface area (Å²) in [5.41, 5.74) is 0.722. The van der Waals surface area contributed by atoms with Crippen molar-refractivity contribution in [1.29, 1.82) is 0 Å². The Bertz CT molecular complexity index is 521. The van der Waals surface area contributed by atoms with Crippen molar-refractivity contribution in [2.24, 2.45) is 17.8 Å². The molecule has 0 heterocycles. The molecular weight excluding hydrogens is 290 g/mol. The van der Waals surface area contributed by atoms with Crippen molar-refractivity contribution in [1.82, 2.24) is 0 Å². The first-order valence-electron chi connectivity index (χ1n) is 9.23. The summed E-state index contributed by atoms with van der Waals surface area (Å²) in [4.78, 5) is 0. The van der Waals surface area contributed by atoms with E-state index < -0.39 is 5.82 Å². The third-order valence-electron chi connectivity index (χ3n) is 6.23. The number of rotatable bonds is 4. The highest BCUT2D eigenvalue weighted by atomic mass is 19.1. The highest BCUT2D eigenvalue weighted by Crippen LogP contribution is 2.44. The standard InChI is InChI=1S/C21H28F2/c1-2-3-15-4-6-16(7-5-15)17-8-10-18(11-9-17)20-13-12-19(22)14-21(20)23/h2,12-18H,1,3-11H2. The molecule has 1 aromatic rings. The first-order chi connectivity index (χ1) is 11.2. The Morgan fingerprint density at radius 3 is 2.09 bits per heavy atom. The summed E-state index contributed by atoms with van der Waals surface area (Å²) in [7, 11) is 0. The first-order valence-corrected chi connectivity index (χ1v) is 9.23. The van der Waals surface area contributed by atoms with Crippen molar-refractivity contribution in [2.75, 3.05) is 0 Å². The van der Waals surface area contributed by atoms with Crippen LogP contribution in [0.4, 0.5) is 8.78 Å². The Morgan fingerprint density at radius 1 is 0.913 bits per heavy atom. The number of allylic oxidation sites excluding steroid dienone is 1. The summed E-state index contributed by atoms with van der Waals surface area (Å²) in [6, 6.07) is 4.07. The Morgan fingerprint density at radius 2 is 1.52 bits per heavy atom. The van der Waals surface area contributed by atoms with E-state index in [2.05, 4.69) is 12.7 Å². The molecule has 0 atom stereocenters. The lowest BCUT2D eigenvalue weighted by Gasteiger charge is -2.38. The van der Waals surface area contributed by atoms with E-state index in [9.17, 15) is 8.78 Å². The van der Waals surface area contributed by atoms with Gasteiger partial charge in [-0.25, -0.2) is 8.78 Å². The lowest BCUT2D eigenvalue weighted by Crippen LogP contribution is -2.25. The molecule has 2 heteroatoms. The molecule has 1 aromatic carbocycles. The molecule has 0 spiro atoms. The van der Waals surface area contributed by atoms with Crippen LogP contribution in [0, 0.1) is 29.4 Å². The number of halogens is 2. The molecule has 0 bridgehead atoms. The van der Waals surface area contributed by atoms with Gasteiger partial charge in [0.25, 0.3) is 0 Å². The van der Waals surface area contributed by atoms with Gasteiger partial charge in [-0.3, -0.25) is 0 Å². The quantitative estimate of drug-likeness (QED) is 0.547. The van der Waals surface area contributed by atoms with Gasteiger partial charge in [-0.2, -0.15) is 0 Å². The van der Waals surface area contributed by atoms with Crippen LogP contribution in [0.2, 0.25) is 0 Å². The third-order valence-corrected chi connectivity index (χ3v) is 6.23. The van der Waals surface area contributed by atoms with Crippen LogP contribution in [0.25, 0.3) is 0 Å². The average Bonchev–Trinajstić information content (AvgIpc) is 2.56. The summed E-state index contributed by atoms with van der Waals surface area (Å²) in [6.07, 6.45) is 13.2. The summed E-state index contributed by atoms with van der Waals surface area (Å²) >= 11 is 0. The maximum atomic E-state index is 14.0. The molecule has 0 unspecified atom stereocenters. The largest absolute Gasteiger partial charge is 0.207 e. The molecule has 2 saturated carbocycles. The van der Waals surface area contributed by atoms with Crippen LogP contribution in [0.5, 0.6) is 0 Å². The highest BCUT2D eigenvalue weighted by Gasteiger charge is 2.31. The Balaban J connectivity index is 1.52. The predicted molar refractivity (Wildman–Crippen MR) is 91.3 cm³/mol. The van der Waals surface area contributed by atoms with Gasteiger partial charge in [-0.1, -0.05) is 12.1 Å². The molecular formula is C21H28F2. The molecule has 126 valence electrons. The fourth-order valence-corrected chi connectivity index (χ4v) is 4.87. The van der Waals surface area contributed by atoms with Crippen LogP contribution >= 0.6 is 0 Å². The Labute approximate surface area is 139 Å². The Hall–Kier alpha value is -1.18. The topological polar surface area (TPSA) is 0 Å². The lowest BCUT2D eigenvalue weighted by molar-refractivity contribution is 0.160. The fourth-order valence-electron chi connectivity index (χ4n) is 4.87. The molecule has 23 heavy (non-hydrogen) atoms. The molecule has 0 amide bonds. The molecule has 0 N–H and O–H groups in total. The zero-order valence-corrected chi connectivity index (χ0v) is 13.9. The van der Waals surface area contributed by atoms with Crippen molar-refractivity contribution in [2.45, 2.75) is 63.7 Å². The van der Waals surface area contributed by atoms with E-state index in [-0.39, 0.29) is 11.7 Å². The van der Waals surface area contributed by atoms with Gasteiger partial charge in [0.05, 0.1) is 0 Å². The lowest BCUT2D eigenvalue weighted by atomic mass is 9.68. The summed E-state index contributed by atoms with van der Waals surface area (Å²) < 4.78 is 27.0. The van der Waals surface area contributed by atoms with Gasteiger partial charge in [0.15, 0.2) is 0 Å². The number of benzene rings is 1. The summed E-state index contributed by atoms with van der Waals surface area (Å²) in [5.74, 6) is 1.99. The van der Waals surface area contributed by atoms with Crippen molar-refractivity contribution < 1.29 is 8.78 Å². The van der Waals surface area contributed by atoms with Crippen molar-refractivity contribution in [3.05, 3.63) is 48.1 Å². The van der Waals surface area contributed by atoms with Crippen LogP contribution in [0.3, 0.4) is 0 Å². The van der Waals surface area contributed by atoms with Gasteiger partial charge in [-0.05, 0) is 93.1 Å². The molecule has 0 aromatic heterocycles. The van der Waals surface area contributed by atoms with Gasteiger partial charge in [0.1, 0.15) is 11.6 Å². The predicted octanol–water partition coefficient (Wildman–Crippen LogP) is 6.62. The van der Waals surface area contributed by atoms with E-state index in [0.717, 1.165) is 42.2 Å². The molecule has 2 aliphatic rings. The molecule has 0 aliphatic heterocycles. The SMILES string of the molecule is C=CCC1CCC(C2CCC(c3ccc(F)cc3F)CC2)CC1. The van der Waals surface area contributed by atoms with Crippen LogP contribution in [0.15, 0.2) is 30.9 Å². The van der Waals surface area contributed by atoms with Crippen LogP contribution in [0.1, 0.15) is 69.3 Å². The second kappa shape index (κ2) is 7.59. The van der Waals surface area contributed by atoms with Gasteiger partial charge < -0.3 is 0 Å². The number of hydrogen-bond acceptors (Lipinski definition) is 0. The minimum Gasteiger partial charge on any atom is -0.207 e. The molecule has 3 rings (SSSR count). The van der Waals surface area contributed by atoms with E-state index in [4.69, 9.17) is 0 Å². The van der Waals surface area contributed by atoms with Gasteiger partial charge in [0.2, 0.25) is 0 Å². The maximum absolute atomic E-state index is 14.0. The zero-order valence-electron chi connectivity index (χ0n) is 13.9. The zero-order chi connectivity index (χ0) is 16.2. The van der Waals surface area contributed by atoms with E-state index in [0.29, 0.717) is 0 Å². The molecule has 2 aliphatic carbocycles. The minimum atomic E-state index is -0.476. The molecule has 0 radical (unpaired) electrons. The van der Waals surface area contributed by atoms with E-state index in [1.807, 2.05) is 0 Å². The van der Waals surface area contributed by atoms with Gasteiger partial charge in [-0.15, -0.1) is 6.58 Å². The van der Waals surface area contributed by atoms with Crippen LogP contribution < -0.4 is 0 Å². The molecule has 0 nitrogen and oxygen atoms in total. The van der Waals surface area contributed by atoms with Crippen molar-refractivity contribution >= 4 is 0 Å². The fraction of sp³-hybridized carbons (Fsp3) is 0.619. The smallest absolute Gasteiger partial charge is 0.129 e. The van der Waals surface area contributed by atoms with Gasteiger partial charge >= 0.3 is 0 Å². The second-order valence-electron chi connectivity index (χ2n) is 7.58. The summed E-state index contributed by atoms with van der Waals surface area (Å²) in [5, 5.41) is 0. The van der Waals surface area contributed by atoms with Crippen LogP contribution in [-0.4, -0.2) is 0 Å². The highest BCUT2D eigenvalue weighted by molar-refractivity contribution is 5.23. The normalized spacial score (nSPS) is 31.7. The maximum Gasteiger partial charge on any atom is 0.129 e. The third kappa shape index (κ3) is 4.02. The second-order valence-corrected chi connectivity index (χ2v) is 7.58. The minimum absolute atomic E-state index is 0.281. The Kier molecular flexibility index (Phi) is 5.50. The molecule has 2 fully saturated rings. The first kappa shape index (κ1) is 16.7. The van der Waals surface area contributed by atoms with Gasteiger partial charge in [0, 0.05) is 6.07 Å². The summed E-state index contributed by atoms with van der Waals surface area (Å²) in [6.45, 7) is 3.86. The average molecular weight is 318 g/mol. The van der Waals surface area contributed by atoms with Crippen LogP contribution in [-0.2, 0) is 0 Å². The number of hydrogen-bond donors (Lipinski definition) is 0. The van der Waals surface area contributed by atoms with E-state index in [1.165, 1.54) is 51.0 Å². The van der Waals surface area contributed by atoms with Crippen molar-refractivity contribution in [3.8, 4) is 0 Å². The van der Waals surface area contributed by atoms with E-state index >= 15 is 0 Å². The van der Waals surface area contributed by atoms with Crippen molar-refractivity contribution in [3.63, 3.8) is 0 Å². The molecule has 0 saturated heterocycles.